The van der Waals surface area contributed by atoms with Crippen LogP contribution < -0.4 is 10.1 Å². The Bertz CT molecular complexity index is 1100. The summed E-state index contributed by atoms with van der Waals surface area (Å²) in [5.74, 6) is 0.872. The molecule has 0 atom stereocenters. The maximum Gasteiger partial charge on any atom is 0.124 e. The standard InChI is InChI=1S/C25H25ClN2O/c1-18-6-2-3-7-20(18)17-29-25-11-10-22(26)14-21(25)15-27-13-12-19-16-28-24-9-5-4-8-23(19)24/h2-11,14,16,27-28H,12-13,15,17H2,1H3. The van der Waals surface area contributed by atoms with E-state index in [0.29, 0.717) is 13.2 Å². The number of hydrogen-bond donors (Lipinski definition) is 2. The minimum atomic E-state index is 0.552. The molecule has 0 bridgehead atoms. The highest BCUT2D eigenvalue weighted by Crippen LogP contribution is 2.24. The molecule has 29 heavy (non-hydrogen) atoms. The molecule has 0 unspecified atom stereocenters. The first-order valence-corrected chi connectivity index (χ1v) is 10.3. The molecular weight excluding hydrogens is 380 g/mol. The van der Waals surface area contributed by atoms with E-state index in [9.17, 15) is 0 Å². The van der Waals surface area contributed by atoms with E-state index < -0.39 is 0 Å². The van der Waals surface area contributed by atoms with Crippen molar-refractivity contribution in [3.05, 3.63) is 100 Å². The number of para-hydroxylation sites is 1. The molecule has 3 aromatic carbocycles. The van der Waals surface area contributed by atoms with Gasteiger partial charge in [0, 0.05) is 34.2 Å². The van der Waals surface area contributed by atoms with E-state index in [0.717, 1.165) is 29.3 Å². The monoisotopic (exact) mass is 404 g/mol. The van der Waals surface area contributed by atoms with Gasteiger partial charge in [-0.05, 0) is 60.8 Å². The summed E-state index contributed by atoms with van der Waals surface area (Å²) >= 11 is 6.23. The van der Waals surface area contributed by atoms with Crippen LogP contribution in [-0.4, -0.2) is 11.5 Å². The molecule has 0 spiro atoms. The van der Waals surface area contributed by atoms with E-state index in [1.54, 1.807) is 0 Å². The number of aryl methyl sites for hydroxylation is 1. The molecule has 148 valence electrons. The molecule has 0 fully saturated rings. The van der Waals surface area contributed by atoms with Gasteiger partial charge in [0.2, 0.25) is 0 Å². The third-order valence-corrected chi connectivity index (χ3v) is 5.46. The highest BCUT2D eigenvalue weighted by molar-refractivity contribution is 6.30. The van der Waals surface area contributed by atoms with E-state index in [1.165, 1.54) is 27.6 Å². The van der Waals surface area contributed by atoms with Crippen molar-refractivity contribution in [2.45, 2.75) is 26.5 Å². The van der Waals surface area contributed by atoms with Gasteiger partial charge in [-0.15, -0.1) is 0 Å². The minimum absolute atomic E-state index is 0.552. The summed E-state index contributed by atoms with van der Waals surface area (Å²) in [5.41, 5.74) is 6.02. The number of benzene rings is 3. The molecule has 2 N–H and O–H groups in total. The van der Waals surface area contributed by atoms with Gasteiger partial charge in [0.15, 0.2) is 0 Å². The molecule has 0 aliphatic carbocycles. The second-order valence-corrected chi connectivity index (χ2v) is 7.69. The number of ether oxygens (including phenoxy) is 1. The van der Waals surface area contributed by atoms with Crippen molar-refractivity contribution in [2.75, 3.05) is 6.54 Å². The van der Waals surface area contributed by atoms with Crippen LogP contribution >= 0.6 is 11.6 Å². The van der Waals surface area contributed by atoms with E-state index >= 15 is 0 Å². The summed E-state index contributed by atoms with van der Waals surface area (Å²) in [6.45, 7) is 4.25. The van der Waals surface area contributed by atoms with Crippen molar-refractivity contribution >= 4 is 22.5 Å². The molecular formula is C25H25ClN2O. The van der Waals surface area contributed by atoms with E-state index in [2.05, 4.69) is 59.8 Å². The zero-order chi connectivity index (χ0) is 20.1. The molecule has 0 saturated heterocycles. The Morgan fingerprint density at radius 2 is 1.76 bits per heavy atom. The van der Waals surface area contributed by atoms with Crippen LogP contribution in [0.5, 0.6) is 5.75 Å². The van der Waals surface area contributed by atoms with Gasteiger partial charge in [0.05, 0.1) is 0 Å². The number of aromatic nitrogens is 1. The second-order valence-electron chi connectivity index (χ2n) is 7.25. The van der Waals surface area contributed by atoms with Crippen LogP contribution in [0.3, 0.4) is 0 Å². The molecule has 1 heterocycles. The van der Waals surface area contributed by atoms with Crippen molar-refractivity contribution < 1.29 is 4.74 Å². The zero-order valence-corrected chi connectivity index (χ0v) is 17.3. The maximum atomic E-state index is 6.23. The molecule has 3 nitrogen and oxygen atoms in total. The lowest BCUT2D eigenvalue weighted by atomic mass is 10.1. The van der Waals surface area contributed by atoms with E-state index in [-0.39, 0.29) is 0 Å². The first-order valence-electron chi connectivity index (χ1n) is 9.92. The Morgan fingerprint density at radius 1 is 0.931 bits per heavy atom. The first kappa shape index (κ1) is 19.6. The topological polar surface area (TPSA) is 37.0 Å². The summed E-state index contributed by atoms with van der Waals surface area (Å²) in [4.78, 5) is 3.33. The predicted octanol–water partition coefficient (Wildman–Crippen LogP) is 6.04. The van der Waals surface area contributed by atoms with Crippen molar-refractivity contribution in [1.29, 1.82) is 0 Å². The Kier molecular flexibility index (Phi) is 6.18. The fraction of sp³-hybridized carbons (Fsp3) is 0.200. The summed E-state index contributed by atoms with van der Waals surface area (Å²) in [6, 6.07) is 22.5. The van der Waals surface area contributed by atoms with Gasteiger partial charge in [0.25, 0.3) is 0 Å². The second kappa shape index (κ2) is 9.17. The largest absolute Gasteiger partial charge is 0.489 e. The molecule has 1 aromatic heterocycles. The fourth-order valence-corrected chi connectivity index (χ4v) is 3.73. The number of aromatic amines is 1. The Balaban J connectivity index is 1.36. The van der Waals surface area contributed by atoms with Crippen LogP contribution in [0.2, 0.25) is 5.02 Å². The maximum absolute atomic E-state index is 6.23. The first-order chi connectivity index (χ1) is 14.2. The Hall–Kier alpha value is -2.75. The Morgan fingerprint density at radius 3 is 2.66 bits per heavy atom. The lowest BCUT2D eigenvalue weighted by molar-refractivity contribution is 0.301. The number of hydrogen-bond acceptors (Lipinski definition) is 2. The molecule has 0 saturated carbocycles. The average Bonchev–Trinajstić information content (AvgIpc) is 3.15. The van der Waals surface area contributed by atoms with Crippen molar-refractivity contribution in [3.8, 4) is 5.75 Å². The number of halogens is 1. The predicted molar refractivity (Wildman–Crippen MR) is 121 cm³/mol. The molecule has 4 heteroatoms. The van der Waals surface area contributed by atoms with Crippen molar-refractivity contribution in [2.24, 2.45) is 0 Å². The summed E-state index contributed by atoms with van der Waals surface area (Å²) in [7, 11) is 0. The van der Waals surface area contributed by atoms with Gasteiger partial charge >= 0.3 is 0 Å². The molecule has 0 amide bonds. The van der Waals surface area contributed by atoms with Crippen molar-refractivity contribution in [3.63, 3.8) is 0 Å². The number of H-pyrrole nitrogens is 1. The van der Waals surface area contributed by atoms with E-state index in [1.807, 2.05) is 30.3 Å². The zero-order valence-electron chi connectivity index (χ0n) is 16.5. The molecule has 4 rings (SSSR count). The quantitative estimate of drug-likeness (QED) is 0.351. The normalized spacial score (nSPS) is 11.1. The van der Waals surface area contributed by atoms with Crippen LogP contribution in [0.25, 0.3) is 10.9 Å². The van der Waals surface area contributed by atoms with Crippen LogP contribution in [0.15, 0.2) is 72.9 Å². The average molecular weight is 405 g/mol. The summed E-state index contributed by atoms with van der Waals surface area (Å²) < 4.78 is 6.12. The summed E-state index contributed by atoms with van der Waals surface area (Å²) in [5, 5.41) is 5.54. The van der Waals surface area contributed by atoms with Gasteiger partial charge in [-0.1, -0.05) is 54.1 Å². The van der Waals surface area contributed by atoms with Gasteiger partial charge in [-0.3, -0.25) is 0 Å². The van der Waals surface area contributed by atoms with Crippen molar-refractivity contribution in [1.82, 2.24) is 10.3 Å². The highest BCUT2D eigenvalue weighted by atomic mass is 35.5. The smallest absolute Gasteiger partial charge is 0.124 e. The molecule has 4 aromatic rings. The molecule has 0 aliphatic rings. The Labute approximate surface area is 176 Å². The van der Waals surface area contributed by atoms with Gasteiger partial charge in [0.1, 0.15) is 12.4 Å². The highest BCUT2D eigenvalue weighted by Gasteiger charge is 2.07. The van der Waals surface area contributed by atoms with Crippen LogP contribution in [0.1, 0.15) is 22.3 Å². The SMILES string of the molecule is Cc1ccccc1COc1ccc(Cl)cc1CNCCc1c[nH]c2ccccc12. The van der Waals surface area contributed by atoms with Crippen LogP contribution in [0, 0.1) is 6.92 Å². The third kappa shape index (κ3) is 4.81. The van der Waals surface area contributed by atoms with Gasteiger partial charge in [-0.25, -0.2) is 0 Å². The molecule has 0 radical (unpaired) electrons. The third-order valence-electron chi connectivity index (χ3n) is 5.23. The number of nitrogens with one attached hydrogen (secondary N) is 2. The minimum Gasteiger partial charge on any atom is -0.489 e. The van der Waals surface area contributed by atoms with Gasteiger partial charge < -0.3 is 15.0 Å². The summed E-state index contributed by atoms with van der Waals surface area (Å²) in [6.07, 6.45) is 3.06. The van der Waals surface area contributed by atoms with Crippen LogP contribution in [0.4, 0.5) is 0 Å². The number of rotatable bonds is 8. The van der Waals surface area contributed by atoms with Gasteiger partial charge in [-0.2, -0.15) is 0 Å². The fourth-order valence-electron chi connectivity index (χ4n) is 3.54. The van der Waals surface area contributed by atoms with Crippen LogP contribution in [-0.2, 0) is 19.6 Å². The van der Waals surface area contributed by atoms with E-state index in [4.69, 9.17) is 16.3 Å². The molecule has 0 aliphatic heterocycles. The lowest BCUT2D eigenvalue weighted by Crippen LogP contribution is -2.17. The lowest BCUT2D eigenvalue weighted by Gasteiger charge is -2.14. The number of fused-ring (bicyclic) bond motifs is 1.